The number of carbonyl (C=O) groups is 2. The van der Waals surface area contributed by atoms with Crippen molar-refractivity contribution in [1.82, 2.24) is 0 Å². The van der Waals surface area contributed by atoms with Crippen LogP contribution >= 0.6 is 0 Å². The smallest absolute Gasteiger partial charge is 0.331 e. The van der Waals surface area contributed by atoms with Gasteiger partial charge >= 0.3 is 11.9 Å². The van der Waals surface area contributed by atoms with Crippen LogP contribution in [0.3, 0.4) is 0 Å². The van der Waals surface area contributed by atoms with Gasteiger partial charge in [-0.2, -0.15) is 0 Å². The molecule has 1 saturated heterocycles. The summed E-state index contributed by atoms with van der Waals surface area (Å²) in [6.07, 6.45) is 6.13. The summed E-state index contributed by atoms with van der Waals surface area (Å²) in [5.74, 6) is -0.0259. The summed E-state index contributed by atoms with van der Waals surface area (Å²) in [6, 6.07) is 0. The van der Waals surface area contributed by atoms with Gasteiger partial charge in [0.05, 0.1) is 5.41 Å². The van der Waals surface area contributed by atoms with Crippen LogP contribution in [0.15, 0.2) is 23.3 Å². The normalized spacial score (nSPS) is 44.8. The first-order chi connectivity index (χ1) is 10.8. The topological polar surface area (TPSA) is 52.6 Å². The van der Waals surface area contributed by atoms with Gasteiger partial charge in [0, 0.05) is 17.4 Å². The molecule has 23 heavy (non-hydrogen) atoms. The van der Waals surface area contributed by atoms with Crippen LogP contribution in [-0.2, 0) is 19.1 Å². The summed E-state index contributed by atoms with van der Waals surface area (Å²) < 4.78 is 11.3. The van der Waals surface area contributed by atoms with Crippen LogP contribution in [0.5, 0.6) is 0 Å². The maximum absolute atomic E-state index is 12.5. The summed E-state index contributed by atoms with van der Waals surface area (Å²) in [5, 5.41) is 0. The number of rotatable bonds is 1. The summed E-state index contributed by atoms with van der Waals surface area (Å²) in [6.45, 7) is 8.36. The molecule has 0 amide bonds. The SMILES string of the molecule is CC(C)[C@H]1OC(=O)C=C2C1=C[C@@H]1OC(=O)[C@@]3(C)CCC[C@@]2(C)[C@@H]13. The van der Waals surface area contributed by atoms with Crippen molar-refractivity contribution in [3.63, 3.8) is 0 Å². The molecule has 1 saturated carbocycles. The average molecular weight is 316 g/mol. The first-order valence-electron chi connectivity index (χ1n) is 8.63. The molecule has 2 fully saturated rings. The van der Waals surface area contributed by atoms with Crippen LogP contribution in [0.1, 0.15) is 47.0 Å². The zero-order valence-corrected chi connectivity index (χ0v) is 14.2. The number of hydrogen-bond donors (Lipinski definition) is 0. The lowest BCUT2D eigenvalue weighted by Gasteiger charge is -2.53. The Morgan fingerprint density at radius 3 is 2.52 bits per heavy atom. The fourth-order valence-corrected chi connectivity index (χ4v) is 5.48. The molecule has 4 rings (SSSR count). The fraction of sp³-hybridized carbons (Fsp3) is 0.684. The Bertz CT molecular complexity index is 658. The largest absolute Gasteiger partial charge is 0.457 e. The van der Waals surface area contributed by atoms with Gasteiger partial charge in [-0.3, -0.25) is 4.79 Å². The Labute approximate surface area is 136 Å². The second-order valence-electron chi connectivity index (χ2n) is 8.32. The molecule has 124 valence electrons. The minimum Gasteiger partial charge on any atom is -0.457 e. The van der Waals surface area contributed by atoms with Crippen LogP contribution < -0.4 is 0 Å². The predicted octanol–water partition coefficient (Wildman–Crippen LogP) is 3.17. The monoisotopic (exact) mass is 316 g/mol. The standard InChI is InChI=1S/C19H24O4/c1-10(2)15-11-8-13-16-18(3,12(11)9-14(20)23-15)6-5-7-19(16,4)17(21)22-13/h8-10,13,15-16H,5-7H2,1-4H3/t13-,15+,16+,18+,19-/m0/s1. The molecule has 0 aromatic heterocycles. The van der Waals surface area contributed by atoms with Crippen LogP contribution in [0, 0.1) is 22.7 Å². The van der Waals surface area contributed by atoms with Crippen molar-refractivity contribution in [1.29, 1.82) is 0 Å². The van der Waals surface area contributed by atoms with Crippen molar-refractivity contribution in [3.05, 3.63) is 23.3 Å². The molecular weight excluding hydrogens is 292 g/mol. The molecule has 2 aliphatic heterocycles. The lowest BCUT2D eigenvalue weighted by atomic mass is 9.49. The Balaban J connectivity index is 1.92. The van der Waals surface area contributed by atoms with Crippen LogP contribution in [0.25, 0.3) is 0 Å². The van der Waals surface area contributed by atoms with E-state index in [1.54, 1.807) is 6.08 Å². The number of carbonyl (C=O) groups excluding carboxylic acids is 2. The van der Waals surface area contributed by atoms with Gasteiger partial charge in [-0.1, -0.05) is 27.2 Å². The van der Waals surface area contributed by atoms with E-state index >= 15 is 0 Å². The lowest BCUT2D eigenvalue weighted by molar-refractivity contribution is -0.148. The molecule has 2 heterocycles. The van der Waals surface area contributed by atoms with Gasteiger partial charge in [0.1, 0.15) is 12.2 Å². The molecule has 0 bridgehead atoms. The van der Waals surface area contributed by atoms with Gasteiger partial charge in [0.25, 0.3) is 0 Å². The second-order valence-corrected chi connectivity index (χ2v) is 8.32. The van der Waals surface area contributed by atoms with Crippen LogP contribution in [0.4, 0.5) is 0 Å². The summed E-state index contributed by atoms with van der Waals surface area (Å²) in [7, 11) is 0. The Kier molecular flexibility index (Phi) is 2.92. The highest BCUT2D eigenvalue weighted by atomic mass is 16.6. The van der Waals surface area contributed by atoms with Gasteiger partial charge in [0.15, 0.2) is 0 Å². The molecule has 4 heteroatoms. The highest BCUT2D eigenvalue weighted by molar-refractivity contribution is 5.87. The molecule has 0 aromatic carbocycles. The van der Waals surface area contributed by atoms with E-state index in [2.05, 4.69) is 26.8 Å². The van der Waals surface area contributed by atoms with Gasteiger partial charge in [-0.25, -0.2) is 4.79 Å². The molecule has 4 nitrogen and oxygen atoms in total. The van der Waals surface area contributed by atoms with Crippen molar-refractivity contribution in [2.75, 3.05) is 0 Å². The van der Waals surface area contributed by atoms with Crippen molar-refractivity contribution in [2.45, 2.75) is 59.2 Å². The third-order valence-corrected chi connectivity index (χ3v) is 6.49. The van der Waals surface area contributed by atoms with E-state index in [1.165, 1.54) is 0 Å². The first-order valence-corrected chi connectivity index (χ1v) is 8.63. The van der Waals surface area contributed by atoms with Crippen LogP contribution in [0.2, 0.25) is 0 Å². The average Bonchev–Trinajstić information content (AvgIpc) is 2.72. The summed E-state index contributed by atoms with van der Waals surface area (Å²) in [4.78, 5) is 24.7. The maximum atomic E-state index is 12.5. The zero-order chi connectivity index (χ0) is 16.6. The predicted molar refractivity (Wildman–Crippen MR) is 84.3 cm³/mol. The number of hydrogen-bond acceptors (Lipinski definition) is 4. The molecule has 0 spiro atoms. The number of cyclic esters (lactones) is 1. The lowest BCUT2D eigenvalue weighted by Crippen LogP contribution is -2.51. The molecule has 0 aromatic rings. The number of ether oxygens (including phenoxy) is 2. The Morgan fingerprint density at radius 1 is 1.13 bits per heavy atom. The van der Waals surface area contributed by atoms with E-state index in [-0.39, 0.29) is 41.4 Å². The van der Waals surface area contributed by atoms with Gasteiger partial charge in [-0.15, -0.1) is 0 Å². The van der Waals surface area contributed by atoms with Crippen molar-refractivity contribution >= 4 is 11.9 Å². The van der Waals surface area contributed by atoms with E-state index in [0.29, 0.717) is 0 Å². The quantitative estimate of drug-likeness (QED) is 0.697. The number of fused-ring (bicyclic) bond motifs is 2. The van der Waals surface area contributed by atoms with Crippen molar-refractivity contribution in [2.24, 2.45) is 22.7 Å². The van der Waals surface area contributed by atoms with E-state index in [4.69, 9.17) is 9.47 Å². The highest BCUT2D eigenvalue weighted by Crippen LogP contribution is 2.64. The third-order valence-electron chi connectivity index (χ3n) is 6.49. The van der Waals surface area contributed by atoms with Gasteiger partial charge in [-0.05, 0) is 42.9 Å². The van der Waals surface area contributed by atoms with Gasteiger partial charge < -0.3 is 9.47 Å². The molecular formula is C19H24O4. The van der Waals surface area contributed by atoms with E-state index in [0.717, 1.165) is 30.4 Å². The third kappa shape index (κ3) is 1.78. The minimum atomic E-state index is -0.435. The Morgan fingerprint density at radius 2 is 1.83 bits per heavy atom. The first kappa shape index (κ1) is 15.0. The van der Waals surface area contributed by atoms with Crippen molar-refractivity contribution in [3.8, 4) is 0 Å². The fourth-order valence-electron chi connectivity index (χ4n) is 5.48. The van der Waals surface area contributed by atoms with E-state index in [9.17, 15) is 9.59 Å². The molecule has 5 atom stereocenters. The molecule has 0 N–H and O–H groups in total. The molecule has 4 aliphatic rings. The summed E-state index contributed by atoms with van der Waals surface area (Å²) in [5.41, 5.74) is 1.51. The van der Waals surface area contributed by atoms with Gasteiger partial charge in [0.2, 0.25) is 0 Å². The molecule has 2 aliphatic carbocycles. The maximum Gasteiger partial charge on any atom is 0.331 e. The second kappa shape index (κ2) is 4.49. The zero-order valence-electron chi connectivity index (χ0n) is 14.2. The van der Waals surface area contributed by atoms with E-state index in [1.807, 2.05) is 6.92 Å². The Hall–Kier alpha value is -1.58. The van der Waals surface area contributed by atoms with E-state index < -0.39 is 5.41 Å². The highest BCUT2D eigenvalue weighted by Gasteiger charge is 2.65. The molecule has 0 radical (unpaired) electrons. The summed E-state index contributed by atoms with van der Waals surface area (Å²) >= 11 is 0. The van der Waals surface area contributed by atoms with Crippen LogP contribution in [-0.4, -0.2) is 24.1 Å². The molecule has 0 unspecified atom stereocenters. The van der Waals surface area contributed by atoms with Crippen molar-refractivity contribution < 1.29 is 19.1 Å². The number of esters is 2. The minimum absolute atomic E-state index is 0.0807.